The van der Waals surface area contributed by atoms with Gasteiger partial charge in [-0.3, -0.25) is 9.59 Å². The lowest BCUT2D eigenvalue weighted by molar-refractivity contribution is -0.132. The molecule has 0 saturated carbocycles. The minimum absolute atomic E-state index is 0.0526. The Hall–Kier alpha value is -1.68. The summed E-state index contributed by atoms with van der Waals surface area (Å²) in [6.45, 7) is 4.10. The molecule has 2 amide bonds. The van der Waals surface area contributed by atoms with Crippen LogP contribution in [0, 0.1) is 5.92 Å². The number of hydrogen-bond donors (Lipinski definition) is 1. The summed E-state index contributed by atoms with van der Waals surface area (Å²) in [5.74, 6) is 0.0296. The maximum atomic E-state index is 12.7. The van der Waals surface area contributed by atoms with Gasteiger partial charge in [-0.25, -0.2) is 0 Å². The van der Waals surface area contributed by atoms with Crippen molar-refractivity contribution in [3.8, 4) is 0 Å². The summed E-state index contributed by atoms with van der Waals surface area (Å²) in [6, 6.07) is 5.15. The molecule has 35 heavy (non-hydrogen) atoms. The Kier molecular flexibility index (Phi) is 10.8. The number of aliphatic hydroxyl groups excluding tert-OH is 1. The van der Waals surface area contributed by atoms with E-state index in [1.807, 2.05) is 0 Å². The Bertz CT molecular complexity index is 900. The first kappa shape index (κ1) is 27.9. The zero-order valence-electron chi connectivity index (χ0n) is 20.4. The molecule has 1 N–H and O–H groups in total. The predicted molar refractivity (Wildman–Crippen MR) is 136 cm³/mol. The van der Waals surface area contributed by atoms with Gasteiger partial charge in [-0.05, 0) is 30.2 Å². The highest BCUT2D eigenvalue weighted by Crippen LogP contribution is 2.23. The Balaban J connectivity index is 1.49. The van der Waals surface area contributed by atoms with E-state index in [1.54, 1.807) is 48.3 Å². The Labute approximate surface area is 217 Å². The highest BCUT2D eigenvalue weighted by atomic mass is 35.5. The monoisotopic (exact) mass is 527 g/mol. The number of β-amino-alcohol motifs (C(OH)–C–C–N with tert-alkyl or cyclic N) is 1. The number of carbonyl (C=O) groups is 2. The fraction of sp³-hybridized carbons (Fsp3) is 0.600. The molecule has 2 fully saturated rings. The average Bonchev–Trinajstić information content (AvgIpc) is 3.01. The summed E-state index contributed by atoms with van der Waals surface area (Å²) in [5.41, 5.74) is 0.769. The van der Waals surface area contributed by atoms with Crippen molar-refractivity contribution >= 4 is 41.1 Å². The third-order valence-corrected chi connectivity index (χ3v) is 7.33. The van der Waals surface area contributed by atoms with Gasteiger partial charge in [0.05, 0.1) is 28.9 Å². The van der Waals surface area contributed by atoms with E-state index in [0.29, 0.717) is 42.8 Å². The van der Waals surface area contributed by atoms with Crippen molar-refractivity contribution in [3.63, 3.8) is 0 Å². The van der Waals surface area contributed by atoms with Crippen LogP contribution in [0.25, 0.3) is 6.08 Å². The lowest BCUT2D eigenvalue weighted by Gasteiger charge is -2.38. The van der Waals surface area contributed by atoms with Gasteiger partial charge in [0.1, 0.15) is 0 Å². The third-order valence-electron chi connectivity index (χ3n) is 6.59. The lowest BCUT2D eigenvalue weighted by atomic mass is 9.95. The van der Waals surface area contributed by atoms with Crippen LogP contribution in [0.3, 0.4) is 0 Å². The molecular formula is C25H35Cl2N3O5. The van der Waals surface area contributed by atoms with Crippen LogP contribution in [0.1, 0.15) is 18.4 Å². The molecule has 0 aliphatic carbocycles. The molecule has 0 radical (unpaired) electrons. The Morgan fingerprint density at radius 1 is 1.17 bits per heavy atom. The van der Waals surface area contributed by atoms with Crippen molar-refractivity contribution in [3.05, 3.63) is 39.9 Å². The first-order valence-corrected chi connectivity index (χ1v) is 12.7. The number of rotatable bonds is 9. The Morgan fingerprint density at radius 2 is 1.97 bits per heavy atom. The van der Waals surface area contributed by atoms with Crippen molar-refractivity contribution in [2.45, 2.75) is 25.0 Å². The number of aliphatic hydroxyl groups is 1. The fourth-order valence-corrected chi connectivity index (χ4v) is 5.02. The summed E-state index contributed by atoms with van der Waals surface area (Å²) in [5, 5.41) is 11.6. The molecule has 8 nitrogen and oxygen atoms in total. The number of benzene rings is 1. The van der Waals surface area contributed by atoms with Crippen LogP contribution in [-0.4, -0.2) is 110 Å². The summed E-state index contributed by atoms with van der Waals surface area (Å²) >= 11 is 12.0. The highest BCUT2D eigenvalue weighted by molar-refractivity contribution is 6.42. The quantitative estimate of drug-likeness (QED) is 0.496. The fourth-order valence-electron chi connectivity index (χ4n) is 4.72. The predicted octanol–water partition coefficient (Wildman–Crippen LogP) is 2.41. The average molecular weight is 528 g/mol. The van der Waals surface area contributed by atoms with E-state index in [9.17, 15) is 14.7 Å². The standard InChI is InChI=1S/C25H35Cl2N3O5/c1-34-17-19-14-28(9-7-23(19)35-2)15-20(31)16-30-12-11-29(10-8-25(30)33)24(32)6-4-18-3-5-21(26)22(27)13-18/h3-6,13,19-20,23,31H,7-12,14-17H2,1-2H3. The molecule has 3 unspecified atom stereocenters. The number of likely N-dealkylation sites (tertiary alicyclic amines) is 1. The topological polar surface area (TPSA) is 82.6 Å². The first-order valence-electron chi connectivity index (χ1n) is 11.9. The lowest BCUT2D eigenvalue weighted by Crippen LogP contribution is -2.50. The number of piperidine rings is 1. The van der Waals surface area contributed by atoms with Crippen molar-refractivity contribution in [1.29, 1.82) is 0 Å². The second kappa shape index (κ2) is 13.6. The van der Waals surface area contributed by atoms with Crippen LogP contribution in [0.4, 0.5) is 0 Å². The second-order valence-corrected chi connectivity index (χ2v) is 9.93. The van der Waals surface area contributed by atoms with Gasteiger partial charge in [-0.15, -0.1) is 0 Å². The molecule has 0 spiro atoms. The number of hydrogen-bond acceptors (Lipinski definition) is 6. The van der Waals surface area contributed by atoms with Crippen molar-refractivity contribution in [1.82, 2.24) is 14.7 Å². The maximum absolute atomic E-state index is 12.7. The van der Waals surface area contributed by atoms with Gasteiger partial charge in [0.25, 0.3) is 0 Å². The van der Waals surface area contributed by atoms with Crippen LogP contribution in [0.5, 0.6) is 0 Å². The number of carbonyl (C=O) groups excluding carboxylic acids is 2. The Morgan fingerprint density at radius 3 is 2.69 bits per heavy atom. The SMILES string of the molecule is COCC1CN(CC(O)CN2CCN(C(=O)C=Cc3ccc(Cl)c(Cl)c3)CCC2=O)CCC1OC. The molecule has 0 bridgehead atoms. The molecular weight excluding hydrogens is 493 g/mol. The van der Waals surface area contributed by atoms with Gasteiger partial charge in [-0.2, -0.15) is 0 Å². The molecule has 194 valence electrons. The van der Waals surface area contributed by atoms with E-state index in [-0.39, 0.29) is 36.8 Å². The largest absolute Gasteiger partial charge is 0.390 e. The molecule has 2 aliphatic heterocycles. The van der Waals surface area contributed by atoms with Gasteiger partial charge in [0.2, 0.25) is 11.8 Å². The maximum Gasteiger partial charge on any atom is 0.246 e. The third kappa shape index (κ3) is 8.17. The molecule has 2 heterocycles. The van der Waals surface area contributed by atoms with Crippen molar-refractivity contribution < 1.29 is 24.2 Å². The van der Waals surface area contributed by atoms with E-state index in [4.69, 9.17) is 32.7 Å². The molecule has 2 aliphatic rings. The molecule has 3 atom stereocenters. The zero-order valence-corrected chi connectivity index (χ0v) is 21.9. The number of methoxy groups -OCH3 is 2. The van der Waals surface area contributed by atoms with Crippen molar-refractivity contribution in [2.75, 3.05) is 66.6 Å². The van der Waals surface area contributed by atoms with Crippen molar-refractivity contribution in [2.24, 2.45) is 5.92 Å². The molecule has 10 heteroatoms. The number of halogens is 2. The number of ether oxygens (including phenoxy) is 2. The second-order valence-electron chi connectivity index (χ2n) is 9.11. The van der Waals surface area contributed by atoms with E-state index in [0.717, 1.165) is 25.1 Å². The first-order chi connectivity index (χ1) is 16.8. The zero-order chi connectivity index (χ0) is 25.4. The highest BCUT2D eigenvalue weighted by Gasteiger charge is 2.31. The van der Waals surface area contributed by atoms with Gasteiger partial charge >= 0.3 is 0 Å². The van der Waals surface area contributed by atoms with Gasteiger partial charge in [-0.1, -0.05) is 29.3 Å². The smallest absolute Gasteiger partial charge is 0.246 e. The van der Waals surface area contributed by atoms with Gasteiger partial charge in [0, 0.05) is 78.4 Å². The van der Waals surface area contributed by atoms with E-state index >= 15 is 0 Å². The van der Waals surface area contributed by atoms with Crippen LogP contribution in [0.2, 0.25) is 10.0 Å². The summed E-state index contributed by atoms with van der Waals surface area (Å²) in [4.78, 5) is 30.9. The molecule has 0 aromatic heterocycles. The molecule has 2 saturated heterocycles. The minimum atomic E-state index is -0.668. The number of nitrogens with zero attached hydrogens (tertiary/aromatic N) is 3. The van der Waals surface area contributed by atoms with Crippen LogP contribution >= 0.6 is 23.2 Å². The van der Waals surface area contributed by atoms with E-state index in [1.165, 1.54) is 6.08 Å². The molecule has 1 aromatic rings. The summed E-state index contributed by atoms with van der Waals surface area (Å²) in [7, 11) is 3.41. The van der Waals surface area contributed by atoms with Crippen LogP contribution in [0.15, 0.2) is 24.3 Å². The van der Waals surface area contributed by atoms with E-state index in [2.05, 4.69) is 4.90 Å². The van der Waals surface area contributed by atoms with E-state index < -0.39 is 6.10 Å². The number of amides is 2. The van der Waals surface area contributed by atoms with Crippen LogP contribution < -0.4 is 0 Å². The van der Waals surface area contributed by atoms with Gasteiger partial charge < -0.3 is 29.3 Å². The molecule has 3 rings (SSSR count). The molecule has 1 aromatic carbocycles. The summed E-state index contributed by atoms with van der Waals surface area (Å²) < 4.78 is 10.9. The normalized spacial score (nSPS) is 23.1. The minimum Gasteiger partial charge on any atom is -0.390 e. The summed E-state index contributed by atoms with van der Waals surface area (Å²) in [6.07, 6.45) is 3.76. The van der Waals surface area contributed by atoms with Gasteiger partial charge in [0.15, 0.2) is 0 Å². The van der Waals surface area contributed by atoms with Crippen LogP contribution in [-0.2, 0) is 19.1 Å².